The van der Waals surface area contributed by atoms with Gasteiger partial charge in [0.25, 0.3) is 0 Å². The van der Waals surface area contributed by atoms with Crippen LogP contribution >= 0.6 is 11.8 Å². The Bertz CT molecular complexity index is 166. The van der Waals surface area contributed by atoms with Crippen LogP contribution in [-0.4, -0.2) is 21.2 Å². The van der Waals surface area contributed by atoms with Crippen LogP contribution in [0.15, 0.2) is 11.2 Å². The summed E-state index contributed by atoms with van der Waals surface area (Å²) < 4.78 is 1.87. The third-order valence-electron chi connectivity index (χ3n) is 1.09. The van der Waals surface area contributed by atoms with Gasteiger partial charge < -0.3 is 0 Å². The molecule has 0 atom stereocenters. The predicted molar refractivity (Wildman–Crippen MR) is 37.5 cm³/mol. The minimum absolute atomic E-state index is 0.899. The molecular weight excluding hydrogens is 134 g/mol. The first-order valence-electron chi connectivity index (χ1n) is 2.81. The van der Waals surface area contributed by atoms with Gasteiger partial charge in [0.2, 0.25) is 0 Å². The molecule has 1 aromatic heterocycles. The van der Waals surface area contributed by atoms with Crippen LogP contribution < -0.4 is 0 Å². The zero-order valence-corrected chi connectivity index (χ0v) is 6.35. The summed E-state index contributed by atoms with van der Waals surface area (Å²) in [6, 6.07) is 0. The highest BCUT2D eigenvalue weighted by atomic mass is 32.2. The van der Waals surface area contributed by atoms with Crippen molar-refractivity contribution in [3.63, 3.8) is 0 Å². The van der Waals surface area contributed by atoms with Crippen LogP contribution in [0, 0.1) is 0 Å². The molecule has 0 bridgehead atoms. The topological polar surface area (TPSA) is 30.7 Å². The maximum atomic E-state index is 3.85. The molecule has 4 heteroatoms. The highest BCUT2D eigenvalue weighted by Crippen LogP contribution is 2.10. The summed E-state index contributed by atoms with van der Waals surface area (Å²) in [6.07, 6.45) is 3.79. The van der Waals surface area contributed by atoms with E-state index in [2.05, 4.69) is 17.2 Å². The van der Waals surface area contributed by atoms with E-state index in [-0.39, 0.29) is 0 Å². The molecule has 0 unspecified atom stereocenters. The van der Waals surface area contributed by atoms with Crippen LogP contribution in [-0.2, 0) is 6.54 Å². The van der Waals surface area contributed by atoms with Gasteiger partial charge in [-0.15, -0.1) is 16.9 Å². The van der Waals surface area contributed by atoms with Crippen LogP contribution in [0.3, 0.4) is 0 Å². The molecule has 1 heterocycles. The normalized spacial score (nSPS) is 10.0. The van der Waals surface area contributed by atoms with E-state index in [9.17, 15) is 0 Å². The zero-order chi connectivity index (χ0) is 6.69. The summed E-state index contributed by atoms with van der Waals surface area (Å²) >= 11 is 1.66. The van der Waals surface area contributed by atoms with Crippen molar-refractivity contribution in [3.8, 4) is 0 Å². The SMILES string of the molecule is CCn1nncc1SC. The van der Waals surface area contributed by atoms with Crippen LogP contribution in [0.25, 0.3) is 0 Å². The highest BCUT2D eigenvalue weighted by molar-refractivity contribution is 7.98. The van der Waals surface area contributed by atoms with Crippen molar-refractivity contribution >= 4 is 11.8 Å². The van der Waals surface area contributed by atoms with E-state index in [1.54, 1.807) is 18.0 Å². The van der Waals surface area contributed by atoms with Crippen molar-refractivity contribution in [1.82, 2.24) is 15.0 Å². The van der Waals surface area contributed by atoms with Crippen LogP contribution in [0.4, 0.5) is 0 Å². The monoisotopic (exact) mass is 143 g/mol. The molecule has 50 valence electrons. The van der Waals surface area contributed by atoms with E-state index < -0.39 is 0 Å². The fourth-order valence-corrected chi connectivity index (χ4v) is 1.15. The van der Waals surface area contributed by atoms with Gasteiger partial charge in [0.1, 0.15) is 5.03 Å². The maximum absolute atomic E-state index is 3.85. The molecule has 0 radical (unpaired) electrons. The minimum atomic E-state index is 0.899. The number of aryl methyl sites for hydroxylation is 1. The first-order valence-corrected chi connectivity index (χ1v) is 4.03. The molecule has 0 aliphatic heterocycles. The Morgan fingerprint density at radius 1 is 1.78 bits per heavy atom. The number of hydrogen-bond donors (Lipinski definition) is 0. The third-order valence-corrected chi connectivity index (χ3v) is 1.83. The van der Waals surface area contributed by atoms with Crippen molar-refractivity contribution in [3.05, 3.63) is 6.20 Å². The lowest BCUT2D eigenvalue weighted by Crippen LogP contribution is -1.97. The Balaban J connectivity index is 2.85. The van der Waals surface area contributed by atoms with Gasteiger partial charge in [0, 0.05) is 6.54 Å². The smallest absolute Gasteiger partial charge is 0.114 e. The molecule has 9 heavy (non-hydrogen) atoms. The van der Waals surface area contributed by atoms with Gasteiger partial charge in [0.05, 0.1) is 6.20 Å². The fraction of sp³-hybridized carbons (Fsp3) is 0.600. The Morgan fingerprint density at radius 2 is 2.56 bits per heavy atom. The lowest BCUT2D eigenvalue weighted by atomic mass is 10.7. The first-order chi connectivity index (χ1) is 4.38. The van der Waals surface area contributed by atoms with Gasteiger partial charge in [0.15, 0.2) is 0 Å². The maximum Gasteiger partial charge on any atom is 0.114 e. The molecule has 0 N–H and O–H groups in total. The zero-order valence-electron chi connectivity index (χ0n) is 5.53. The molecule has 0 saturated carbocycles. The van der Waals surface area contributed by atoms with Crippen LogP contribution in [0.5, 0.6) is 0 Å². The summed E-state index contributed by atoms with van der Waals surface area (Å²) in [4.78, 5) is 0. The molecule has 0 aliphatic rings. The largest absolute Gasteiger partial charge is 0.239 e. The number of thioether (sulfide) groups is 1. The lowest BCUT2D eigenvalue weighted by molar-refractivity contribution is 0.583. The van der Waals surface area contributed by atoms with Gasteiger partial charge in [-0.2, -0.15) is 0 Å². The fourth-order valence-electron chi connectivity index (χ4n) is 0.625. The summed E-state index contributed by atoms with van der Waals surface area (Å²) in [5.74, 6) is 0. The first kappa shape index (κ1) is 6.61. The molecule has 1 rings (SSSR count). The number of rotatable bonds is 2. The molecule has 0 amide bonds. The summed E-state index contributed by atoms with van der Waals surface area (Å²) in [6.45, 7) is 2.95. The molecule has 0 fully saturated rings. The van der Waals surface area contributed by atoms with Crippen molar-refractivity contribution < 1.29 is 0 Å². The Labute approximate surface area is 58.4 Å². The van der Waals surface area contributed by atoms with E-state index in [1.807, 2.05) is 10.9 Å². The van der Waals surface area contributed by atoms with E-state index in [0.717, 1.165) is 11.6 Å². The van der Waals surface area contributed by atoms with Gasteiger partial charge in [-0.1, -0.05) is 5.21 Å². The Hall–Kier alpha value is -0.510. The van der Waals surface area contributed by atoms with Crippen molar-refractivity contribution in [2.45, 2.75) is 18.5 Å². The van der Waals surface area contributed by atoms with Gasteiger partial charge in [-0.25, -0.2) is 4.68 Å². The third kappa shape index (κ3) is 1.24. The second-order valence-electron chi connectivity index (χ2n) is 1.59. The molecule has 0 spiro atoms. The Morgan fingerprint density at radius 3 is 3.00 bits per heavy atom. The van der Waals surface area contributed by atoms with Gasteiger partial charge in [-0.3, -0.25) is 0 Å². The van der Waals surface area contributed by atoms with E-state index in [0.29, 0.717) is 0 Å². The number of hydrogen-bond acceptors (Lipinski definition) is 3. The van der Waals surface area contributed by atoms with Gasteiger partial charge >= 0.3 is 0 Å². The molecule has 0 aliphatic carbocycles. The quantitative estimate of drug-likeness (QED) is 0.579. The van der Waals surface area contributed by atoms with Crippen molar-refractivity contribution in [2.75, 3.05) is 6.26 Å². The van der Waals surface area contributed by atoms with Crippen LogP contribution in [0.1, 0.15) is 6.92 Å². The van der Waals surface area contributed by atoms with Crippen molar-refractivity contribution in [1.29, 1.82) is 0 Å². The van der Waals surface area contributed by atoms with Crippen LogP contribution in [0.2, 0.25) is 0 Å². The summed E-state index contributed by atoms with van der Waals surface area (Å²) in [7, 11) is 0. The average molecular weight is 143 g/mol. The predicted octanol–water partition coefficient (Wildman–Crippen LogP) is 1.02. The van der Waals surface area contributed by atoms with Crippen molar-refractivity contribution in [2.24, 2.45) is 0 Å². The molecular formula is C5H9N3S. The second-order valence-corrected chi connectivity index (χ2v) is 2.42. The molecule has 3 nitrogen and oxygen atoms in total. The lowest BCUT2D eigenvalue weighted by Gasteiger charge is -1.95. The van der Waals surface area contributed by atoms with E-state index in [4.69, 9.17) is 0 Å². The minimum Gasteiger partial charge on any atom is -0.239 e. The van der Waals surface area contributed by atoms with E-state index >= 15 is 0 Å². The summed E-state index contributed by atoms with van der Waals surface area (Å²) in [5.41, 5.74) is 0. The molecule has 1 aromatic rings. The second kappa shape index (κ2) is 2.87. The van der Waals surface area contributed by atoms with Gasteiger partial charge in [-0.05, 0) is 13.2 Å². The Kier molecular flexibility index (Phi) is 2.10. The molecule has 0 aromatic carbocycles. The average Bonchev–Trinajstić information content (AvgIpc) is 2.33. The standard InChI is InChI=1S/C5H9N3S/c1-3-8-5(9-2)4-6-7-8/h4H,3H2,1-2H3. The summed E-state index contributed by atoms with van der Waals surface area (Å²) in [5, 5.41) is 8.73. The van der Waals surface area contributed by atoms with E-state index in [1.165, 1.54) is 0 Å². The number of aromatic nitrogens is 3. The number of nitrogens with zero attached hydrogens (tertiary/aromatic N) is 3. The molecule has 0 saturated heterocycles. The highest BCUT2D eigenvalue weighted by Gasteiger charge is 1.96.